The van der Waals surface area contributed by atoms with Gasteiger partial charge in [-0.3, -0.25) is 14.3 Å². The summed E-state index contributed by atoms with van der Waals surface area (Å²) in [4.78, 5) is 45.8. The van der Waals surface area contributed by atoms with Crippen LogP contribution >= 0.6 is 0 Å². The number of nitrogens with zero attached hydrogens (tertiary/aromatic N) is 6. The Labute approximate surface area is 263 Å². The number of likely N-dealkylation sites (N-methyl/N-ethyl adjacent to an activating group) is 1. The van der Waals surface area contributed by atoms with Crippen molar-refractivity contribution in [3.63, 3.8) is 0 Å². The molecule has 5 rings (SSSR count). The van der Waals surface area contributed by atoms with E-state index in [-0.39, 0.29) is 42.0 Å². The average molecular weight is 619 g/mol. The summed E-state index contributed by atoms with van der Waals surface area (Å²) < 4.78 is 16.9. The maximum Gasteiger partial charge on any atom is 0.322 e. The first-order valence-corrected chi connectivity index (χ1v) is 15.3. The Kier molecular flexibility index (Phi) is 9.15. The minimum Gasteiger partial charge on any atom is -0.366 e. The van der Waals surface area contributed by atoms with Gasteiger partial charge in [-0.1, -0.05) is 13.0 Å². The molecule has 1 aromatic heterocycles. The standard InChI is InChI=1S/C33H43FN8O3/c1-20(2)42-30-21(3)16-40(24-11-9-23(10-12-24)32(44)39(6)7)19-26(30)29(37-42)31(43)35-15-22-8-13-28(27(34)14-22)36-33(45)41-17-25(18-41)38(4)5/h8-14,20-21,25H,15-19H2,1-7H3,(H,35,43)(H,36,45)/t21-/m0/s1. The Morgan fingerprint density at radius 3 is 2.31 bits per heavy atom. The van der Waals surface area contributed by atoms with Gasteiger partial charge < -0.3 is 30.2 Å². The zero-order valence-electron chi connectivity index (χ0n) is 27.1. The minimum atomic E-state index is -0.566. The molecule has 12 heteroatoms. The highest BCUT2D eigenvalue weighted by molar-refractivity contribution is 5.95. The van der Waals surface area contributed by atoms with Crippen molar-refractivity contribution in [3.8, 4) is 0 Å². The second-order valence-corrected chi connectivity index (χ2v) is 12.7. The summed E-state index contributed by atoms with van der Waals surface area (Å²) in [7, 11) is 7.38. The van der Waals surface area contributed by atoms with Crippen molar-refractivity contribution in [2.45, 2.75) is 51.9 Å². The number of urea groups is 1. The molecule has 0 spiro atoms. The van der Waals surface area contributed by atoms with Crippen LogP contribution in [-0.4, -0.2) is 96.2 Å². The first-order valence-electron chi connectivity index (χ1n) is 15.3. The lowest BCUT2D eigenvalue weighted by atomic mass is 9.95. The number of carbonyl (C=O) groups excluding carboxylic acids is 3. The third-order valence-electron chi connectivity index (χ3n) is 8.56. The molecule has 0 saturated carbocycles. The van der Waals surface area contributed by atoms with Crippen LogP contribution in [0.3, 0.4) is 0 Å². The zero-order valence-corrected chi connectivity index (χ0v) is 27.1. The molecule has 1 atom stereocenters. The molecule has 2 aliphatic heterocycles. The molecule has 3 aromatic rings. The first-order chi connectivity index (χ1) is 21.3. The number of halogens is 1. The highest BCUT2D eigenvalue weighted by Gasteiger charge is 2.34. The Bertz CT molecular complexity index is 1580. The molecule has 0 unspecified atom stereocenters. The van der Waals surface area contributed by atoms with Crippen LogP contribution in [0.5, 0.6) is 0 Å². The summed E-state index contributed by atoms with van der Waals surface area (Å²) in [6, 6.07) is 12.1. The molecule has 2 aromatic carbocycles. The van der Waals surface area contributed by atoms with Gasteiger partial charge in [0.15, 0.2) is 5.69 Å². The number of hydrogen-bond acceptors (Lipinski definition) is 6. The van der Waals surface area contributed by atoms with Crippen LogP contribution in [-0.2, 0) is 13.1 Å². The van der Waals surface area contributed by atoms with Crippen molar-refractivity contribution >= 4 is 29.2 Å². The topological polar surface area (TPSA) is 106 Å². The second-order valence-electron chi connectivity index (χ2n) is 12.7. The zero-order chi connectivity index (χ0) is 32.6. The highest BCUT2D eigenvalue weighted by Crippen LogP contribution is 2.35. The normalized spacial score (nSPS) is 16.4. The quantitative estimate of drug-likeness (QED) is 0.393. The van der Waals surface area contributed by atoms with Gasteiger partial charge in [0, 0.05) is 87.3 Å². The van der Waals surface area contributed by atoms with E-state index in [9.17, 15) is 18.8 Å². The van der Waals surface area contributed by atoms with Gasteiger partial charge in [0.05, 0.1) is 5.69 Å². The van der Waals surface area contributed by atoms with Gasteiger partial charge >= 0.3 is 6.03 Å². The van der Waals surface area contributed by atoms with Crippen LogP contribution in [0.4, 0.5) is 20.6 Å². The monoisotopic (exact) mass is 618 g/mol. The van der Waals surface area contributed by atoms with E-state index in [0.29, 0.717) is 42.5 Å². The van der Waals surface area contributed by atoms with Gasteiger partial charge in [0.2, 0.25) is 0 Å². The van der Waals surface area contributed by atoms with Crippen LogP contribution in [0, 0.1) is 5.82 Å². The fourth-order valence-corrected chi connectivity index (χ4v) is 5.86. The van der Waals surface area contributed by atoms with Crippen molar-refractivity contribution in [2.75, 3.05) is 58.0 Å². The van der Waals surface area contributed by atoms with Crippen LogP contribution < -0.4 is 15.5 Å². The average Bonchev–Trinajstić information content (AvgIpc) is 3.36. The number of hydrogen-bond donors (Lipinski definition) is 2. The Morgan fingerprint density at radius 1 is 1.02 bits per heavy atom. The molecule has 45 heavy (non-hydrogen) atoms. The molecule has 2 N–H and O–H groups in total. The maximum absolute atomic E-state index is 14.9. The Balaban J connectivity index is 1.28. The van der Waals surface area contributed by atoms with E-state index in [0.717, 1.165) is 23.5 Å². The van der Waals surface area contributed by atoms with Crippen LogP contribution in [0.2, 0.25) is 0 Å². The third-order valence-corrected chi connectivity index (χ3v) is 8.56. The van der Waals surface area contributed by atoms with Gasteiger partial charge in [0.1, 0.15) is 5.82 Å². The molecule has 1 fully saturated rings. The number of rotatable bonds is 8. The van der Waals surface area contributed by atoms with E-state index in [4.69, 9.17) is 5.10 Å². The number of fused-ring (bicyclic) bond motifs is 1. The SMILES string of the molecule is CC(C)n1nc(C(=O)NCc2ccc(NC(=O)N3CC(N(C)C)C3)c(F)c2)c2c1[C@@H](C)CN(c1ccc(C(=O)N(C)C)cc1)C2. The van der Waals surface area contributed by atoms with E-state index in [2.05, 4.69) is 27.4 Å². The van der Waals surface area contributed by atoms with Crippen molar-refractivity contribution < 1.29 is 18.8 Å². The number of anilines is 2. The Morgan fingerprint density at radius 2 is 1.71 bits per heavy atom. The van der Waals surface area contributed by atoms with Crippen molar-refractivity contribution in [1.82, 2.24) is 29.8 Å². The summed E-state index contributed by atoms with van der Waals surface area (Å²) in [5.41, 5.74) is 4.49. The molecular formula is C33H43FN8O3. The lowest BCUT2D eigenvalue weighted by Gasteiger charge is -2.42. The minimum absolute atomic E-state index is 0.0581. The maximum atomic E-state index is 14.9. The second kappa shape index (κ2) is 12.9. The number of aromatic nitrogens is 2. The first kappa shape index (κ1) is 32.0. The van der Waals surface area contributed by atoms with E-state index in [1.54, 1.807) is 30.0 Å². The molecule has 0 bridgehead atoms. The van der Waals surface area contributed by atoms with Gasteiger partial charge in [-0.2, -0.15) is 5.10 Å². The highest BCUT2D eigenvalue weighted by atomic mass is 19.1. The fourth-order valence-electron chi connectivity index (χ4n) is 5.86. The largest absolute Gasteiger partial charge is 0.366 e. The van der Waals surface area contributed by atoms with Crippen LogP contribution in [0.1, 0.15) is 70.4 Å². The molecule has 2 aliphatic rings. The van der Waals surface area contributed by atoms with Gasteiger partial charge in [-0.15, -0.1) is 0 Å². The predicted octanol–water partition coefficient (Wildman–Crippen LogP) is 4.14. The molecule has 11 nitrogen and oxygen atoms in total. The lowest BCUT2D eigenvalue weighted by molar-refractivity contribution is 0.0827. The molecule has 3 heterocycles. The number of nitrogens with one attached hydrogen (secondary N) is 2. The van der Waals surface area contributed by atoms with E-state index >= 15 is 0 Å². The number of benzene rings is 2. The van der Waals surface area contributed by atoms with E-state index < -0.39 is 5.82 Å². The molecule has 0 aliphatic carbocycles. The summed E-state index contributed by atoms with van der Waals surface area (Å²) in [5.74, 6) is -0.853. The Hall–Kier alpha value is -4.45. The van der Waals surface area contributed by atoms with Crippen LogP contribution in [0.15, 0.2) is 42.5 Å². The summed E-state index contributed by atoms with van der Waals surface area (Å²) in [5, 5.41) is 10.3. The smallest absolute Gasteiger partial charge is 0.322 e. The fraction of sp³-hybridized carbons (Fsp3) is 0.455. The molecule has 240 valence electrons. The number of carbonyl (C=O) groups is 3. The van der Waals surface area contributed by atoms with Crippen LogP contribution in [0.25, 0.3) is 0 Å². The lowest BCUT2D eigenvalue weighted by Crippen LogP contribution is -2.60. The molecular weight excluding hydrogens is 575 g/mol. The molecule has 4 amide bonds. The molecule has 1 saturated heterocycles. The molecule has 0 radical (unpaired) electrons. The third kappa shape index (κ3) is 6.65. The van der Waals surface area contributed by atoms with Gasteiger partial charge in [-0.25, -0.2) is 9.18 Å². The van der Waals surface area contributed by atoms with E-state index in [1.165, 1.54) is 12.1 Å². The number of amides is 4. The van der Waals surface area contributed by atoms with Crippen molar-refractivity contribution in [1.29, 1.82) is 0 Å². The van der Waals surface area contributed by atoms with E-state index in [1.807, 2.05) is 56.9 Å². The van der Waals surface area contributed by atoms with Gasteiger partial charge in [0.25, 0.3) is 11.8 Å². The van der Waals surface area contributed by atoms with Gasteiger partial charge in [-0.05, 0) is 69.9 Å². The summed E-state index contributed by atoms with van der Waals surface area (Å²) in [6.07, 6.45) is 0. The number of likely N-dealkylation sites (tertiary alicyclic amines) is 1. The predicted molar refractivity (Wildman–Crippen MR) is 172 cm³/mol. The van der Waals surface area contributed by atoms with Crippen molar-refractivity contribution in [2.24, 2.45) is 0 Å². The summed E-state index contributed by atoms with van der Waals surface area (Å²) >= 11 is 0. The van der Waals surface area contributed by atoms with Crippen molar-refractivity contribution in [3.05, 3.63) is 76.4 Å². The summed E-state index contributed by atoms with van der Waals surface area (Å²) in [6.45, 7) is 8.74.